The van der Waals surface area contributed by atoms with Crippen molar-refractivity contribution in [3.8, 4) is 0 Å². The Labute approximate surface area is 303 Å². The number of carbonyl (C=O) groups excluding carboxylic acids is 2. The van der Waals surface area contributed by atoms with Gasteiger partial charge in [-0.2, -0.15) is 0 Å². The third kappa shape index (κ3) is 5.55. The quantitative estimate of drug-likeness (QED) is 0.290. The van der Waals surface area contributed by atoms with Crippen LogP contribution in [0.2, 0.25) is 0 Å². The van der Waals surface area contributed by atoms with Crippen LogP contribution in [0.3, 0.4) is 0 Å². The number of carbonyl (C=O) groups is 2. The number of fused-ring (bicyclic) bond motifs is 7. The highest BCUT2D eigenvalue weighted by Gasteiger charge is 2.69. The van der Waals surface area contributed by atoms with Gasteiger partial charge in [-0.1, -0.05) is 60.6 Å². The summed E-state index contributed by atoms with van der Waals surface area (Å²) in [7, 11) is -2.90. The molecule has 0 amide bonds. The monoisotopic (exact) mass is 706 g/mol. The summed E-state index contributed by atoms with van der Waals surface area (Å²) < 4.78 is 24.1. The number of rotatable bonds is 7. The molecule has 3 saturated carbocycles. The molecule has 8 atom stereocenters. The van der Waals surface area contributed by atoms with E-state index in [0.29, 0.717) is 48.8 Å². The molecule has 1 unspecified atom stereocenters. The van der Waals surface area contributed by atoms with Crippen molar-refractivity contribution in [2.24, 2.45) is 51.2 Å². The Morgan fingerprint density at radius 3 is 2.30 bits per heavy atom. The first-order chi connectivity index (χ1) is 23.4. The van der Waals surface area contributed by atoms with Gasteiger partial charge >= 0.3 is 0 Å². The molecule has 7 aliphatic rings. The molecule has 0 aromatic carbocycles. The van der Waals surface area contributed by atoms with Gasteiger partial charge in [-0.15, -0.1) is 0 Å². The first-order valence-corrected chi connectivity index (χ1v) is 22.1. The molecule has 6 aliphatic carbocycles. The van der Waals surface area contributed by atoms with Gasteiger partial charge in [0.25, 0.3) is 0 Å². The Hall–Kier alpha value is -1.57. The molecule has 7 rings (SSSR count). The van der Waals surface area contributed by atoms with E-state index in [1.165, 1.54) is 36.8 Å². The van der Waals surface area contributed by atoms with Crippen LogP contribution < -0.4 is 5.32 Å². The summed E-state index contributed by atoms with van der Waals surface area (Å²) in [5.41, 5.74) is 6.10. The maximum atomic E-state index is 14.0. The van der Waals surface area contributed by atoms with Gasteiger partial charge in [0.05, 0.1) is 11.5 Å². The lowest BCUT2D eigenvalue weighted by Crippen LogP contribution is -2.66. The number of allylic oxidation sites excluding steroid dienone is 5. The van der Waals surface area contributed by atoms with Gasteiger partial charge < -0.3 is 10.2 Å². The van der Waals surface area contributed by atoms with Gasteiger partial charge in [0.15, 0.2) is 15.6 Å². The van der Waals surface area contributed by atoms with E-state index in [1.807, 2.05) is 0 Å². The van der Waals surface area contributed by atoms with Gasteiger partial charge in [0, 0.05) is 44.1 Å². The van der Waals surface area contributed by atoms with Gasteiger partial charge in [-0.25, -0.2) is 8.42 Å². The molecule has 1 saturated heterocycles. The van der Waals surface area contributed by atoms with Crippen LogP contribution in [0.15, 0.2) is 34.4 Å². The number of hydrogen-bond acceptors (Lipinski definition) is 6. The summed E-state index contributed by atoms with van der Waals surface area (Å²) in [5, 5.41) is 4.02. The molecule has 1 aliphatic heterocycles. The molecule has 0 aromatic heterocycles. The summed E-state index contributed by atoms with van der Waals surface area (Å²) in [6.45, 7) is 22.1. The lowest BCUT2D eigenvalue weighted by atomic mass is 9.33. The third-order valence-electron chi connectivity index (χ3n) is 16.7. The molecule has 50 heavy (non-hydrogen) atoms. The summed E-state index contributed by atoms with van der Waals surface area (Å²) >= 11 is 0. The SMILES string of the molecule is CC(=O)C1CC=C(C2=CC[C@]3(C)[C@H]4CC[C@@H]5C6=C(C(C)C)C(=O)C[C@]6(NCCN6CCS(=O)(=O)CC6)CC[C@@]5(C)[C@]4(C)CC[C@H]3C2(C)C)CC1. The van der Waals surface area contributed by atoms with Crippen LogP contribution in [-0.4, -0.2) is 68.1 Å². The minimum Gasteiger partial charge on any atom is -0.306 e. The minimum absolute atomic E-state index is 0.108. The van der Waals surface area contributed by atoms with Crippen LogP contribution in [0.4, 0.5) is 0 Å². The number of sulfone groups is 1. The molecule has 0 spiro atoms. The van der Waals surface area contributed by atoms with Crippen LogP contribution in [0.25, 0.3) is 0 Å². The van der Waals surface area contributed by atoms with Crippen molar-refractivity contribution >= 4 is 21.4 Å². The lowest BCUT2D eigenvalue weighted by Gasteiger charge is -2.71. The van der Waals surface area contributed by atoms with E-state index in [9.17, 15) is 18.0 Å². The molecule has 0 radical (unpaired) electrons. The van der Waals surface area contributed by atoms with Crippen molar-refractivity contribution in [3.05, 3.63) is 34.4 Å². The maximum Gasteiger partial charge on any atom is 0.161 e. The van der Waals surface area contributed by atoms with Gasteiger partial charge in [0.1, 0.15) is 5.78 Å². The van der Waals surface area contributed by atoms with E-state index in [1.54, 1.807) is 12.5 Å². The van der Waals surface area contributed by atoms with Gasteiger partial charge in [-0.05, 0) is 139 Å². The van der Waals surface area contributed by atoms with Crippen molar-refractivity contribution < 1.29 is 18.0 Å². The second-order valence-electron chi connectivity index (χ2n) is 19.6. The molecular formula is C43H66N2O4S. The zero-order valence-electron chi connectivity index (χ0n) is 32.6. The smallest absolute Gasteiger partial charge is 0.161 e. The van der Waals surface area contributed by atoms with Crippen molar-refractivity contribution in [2.45, 2.75) is 132 Å². The fourth-order valence-electron chi connectivity index (χ4n) is 13.9. The summed E-state index contributed by atoms with van der Waals surface area (Å²) in [6.07, 6.45) is 16.8. The van der Waals surface area contributed by atoms with Gasteiger partial charge in [-0.3, -0.25) is 9.59 Å². The zero-order valence-corrected chi connectivity index (χ0v) is 33.4. The van der Waals surface area contributed by atoms with Crippen molar-refractivity contribution in [1.29, 1.82) is 0 Å². The first-order valence-electron chi connectivity index (χ1n) is 20.2. The molecule has 0 bridgehead atoms. The summed E-state index contributed by atoms with van der Waals surface area (Å²) in [4.78, 5) is 28.4. The van der Waals surface area contributed by atoms with E-state index in [2.05, 4.69) is 70.8 Å². The van der Waals surface area contributed by atoms with Crippen LogP contribution in [0, 0.1) is 51.2 Å². The highest BCUT2D eigenvalue weighted by Crippen LogP contribution is 2.76. The number of nitrogens with one attached hydrogen (secondary N) is 1. The van der Waals surface area contributed by atoms with E-state index >= 15 is 0 Å². The topological polar surface area (TPSA) is 83.6 Å². The molecule has 1 heterocycles. The first kappa shape index (κ1) is 36.8. The number of Topliss-reactive ketones (excluding diaryl/α,β-unsaturated/α-hetero) is 2. The molecule has 4 fully saturated rings. The Morgan fingerprint density at radius 1 is 0.940 bits per heavy atom. The number of hydrogen-bond donors (Lipinski definition) is 1. The fraction of sp³-hybridized carbons (Fsp3) is 0.814. The number of nitrogens with zero attached hydrogens (tertiary/aromatic N) is 1. The molecule has 0 aromatic rings. The summed E-state index contributed by atoms with van der Waals surface area (Å²) in [6, 6.07) is 0. The number of ketones is 2. The van der Waals surface area contributed by atoms with Crippen LogP contribution >= 0.6 is 0 Å². The molecule has 6 nitrogen and oxygen atoms in total. The predicted octanol–water partition coefficient (Wildman–Crippen LogP) is 7.89. The normalized spacial score (nSPS) is 42.6. The third-order valence-corrected chi connectivity index (χ3v) is 18.3. The Bertz CT molecular complexity index is 1620. The zero-order chi connectivity index (χ0) is 36.1. The predicted molar refractivity (Wildman–Crippen MR) is 202 cm³/mol. The molecule has 278 valence electrons. The van der Waals surface area contributed by atoms with E-state index in [0.717, 1.165) is 57.2 Å². The van der Waals surface area contributed by atoms with Crippen LogP contribution in [0.5, 0.6) is 0 Å². The Balaban J connectivity index is 1.16. The molecule has 1 N–H and O–H groups in total. The van der Waals surface area contributed by atoms with E-state index in [4.69, 9.17) is 0 Å². The average Bonchev–Trinajstić information content (AvgIpc) is 3.34. The minimum atomic E-state index is -2.90. The van der Waals surface area contributed by atoms with Crippen molar-refractivity contribution in [1.82, 2.24) is 10.2 Å². The second-order valence-corrected chi connectivity index (χ2v) is 21.9. The van der Waals surface area contributed by atoms with Crippen molar-refractivity contribution in [2.75, 3.05) is 37.7 Å². The van der Waals surface area contributed by atoms with E-state index < -0.39 is 9.84 Å². The van der Waals surface area contributed by atoms with Crippen LogP contribution in [0.1, 0.15) is 126 Å². The second kappa shape index (κ2) is 12.5. The summed E-state index contributed by atoms with van der Waals surface area (Å²) in [5.74, 6) is 3.32. The molecular weight excluding hydrogens is 641 g/mol. The standard InChI is InChI=1S/C43H66N2O4S/c1-28(2)37-34(47)27-43(44-21-22-45-23-25-50(48,49)26-24-45)20-19-41(7)33(38(37)43)13-14-36-40(6)17-15-32(31-11-9-30(10-12-31)29(3)46)39(4,5)35(40)16-18-42(36,41)8/h11,15,28,30,33,35-36,44H,9-10,12-14,16-27H2,1-8H3/t30?,33-,35+,36-,40+,41-,42-,43-/m1/s1. The lowest BCUT2D eigenvalue weighted by molar-refractivity contribution is -0.196. The largest absolute Gasteiger partial charge is 0.306 e. The Morgan fingerprint density at radius 2 is 1.66 bits per heavy atom. The Kier molecular flexibility index (Phi) is 9.20. The maximum absolute atomic E-state index is 14.0. The van der Waals surface area contributed by atoms with Crippen LogP contribution in [-0.2, 0) is 19.4 Å². The highest BCUT2D eigenvalue weighted by atomic mass is 32.2. The fourth-order valence-corrected chi connectivity index (χ4v) is 15.1. The van der Waals surface area contributed by atoms with Gasteiger partial charge in [0.2, 0.25) is 0 Å². The van der Waals surface area contributed by atoms with Crippen molar-refractivity contribution in [3.63, 3.8) is 0 Å². The highest BCUT2D eigenvalue weighted by molar-refractivity contribution is 7.91. The average molecular weight is 707 g/mol. The van der Waals surface area contributed by atoms with E-state index in [-0.39, 0.29) is 50.5 Å². The molecule has 7 heteroatoms.